The van der Waals surface area contributed by atoms with Crippen molar-refractivity contribution in [3.63, 3.8) is 0 Å². The molecule has 0 bridgehead atoms. The third-order valence-electron chi connectivity index (χ3n) is 6.40. The Labute approximate surface area is 218 Å². The second-order valence-electron chi connectivity index (χ2n) is 9.27. The molecule has 0 saturated carbocycles. The van der Waals surface area contributed by atoms with E-state index in [-0.39, 0.29) is 18.5 Å². The summed E-state index contributed by atoms with van der Waals surface area (Å²) in [5.74, 6) is 1.39. The highest BCUT2D eigenvalue weighted by molar-refractivity contribution is 5.84. The van der Waals surface area contributed by atoms with Crippen LogP contribution >= 0.6 is 0 Å². The fourth-order valence-electron chi connectivity index (χ4n) is 4.28. The molecule has 0 unspecified atom stereocenters. The van der Waals surface area contributed by atoms with E-state index in [0.29, 0.717) is 45.9 Å². The standard InChI is InChI=1S/C29H36N4O4/c1-24-12-13-27(37-24)22-33(21-26-10-6-3-7-11-26)28(34)23-32(15-14-31-16-18-36-19-17-31)29(35)30-20-25-8-4-2-5-9-25/h2-13H,14-23H2,1H3,(H,30,35). The summed E-state index contributed by atoms with van der Waals surface area (Å²) in [6.07, 6.45) is 0. The molecule has 8 nitrogen and oxygen atoms in total. The molecule has 4 rings (SSSR count). The fourth-order valence-corrected chi connectivity index (χ4v) is 4.28. The predicted octanol–water partition coefficient (Wildman–Crippen LogP) is 3.66. The van der Waals surface area contributed by atoms with Crippen molar-refractivity contribution in [2.45, 2.75) is 26.6 Å². The minimum Gasteiger partial charge on any atom is -0.464 e. The molecule has 1 aliphatic rings. The number of morpholine rings is 1. The summed E-state index contributed by atoms with van der Waals surface area (Å²) in [5, 5.41) is 2.99. The molecule has 3 amide bonds. The molecule has 3 aromatic rings. The second kappa shape index (κ2) is 13.6. The molecule has 1 N–H and O–H groups in total. The lowest BCUT2D eigenvalue weighted by Crippen LogP contribution is -2.49. The minimum absolute atomic E-state index is 0.0164. The molecule has 196 valence electrons. The molecule has 2 heterocycles. The third kappa shape index (κ3) is 8.48. The van der Waals surface area contributed by atoms with Gasteiger partial charge in [-0.15, -0.1) is 0 Å². The third-order valence-corrected chi connectivity index (χ3v) is 6.40. The molecule has 1 saturated heterocycles. The van der Waals surface area contributed by atoms with E-state index in [4.69, 9.17) is 9.15 Å². The second-order valence-corrected chi connectivity index (χ2v) is 9.27. The topological polar surface area (TPSA) is 78.3 Å². The van der Waals surface area contributed by atoms with Gasteiger partial charge in [0.2, 0.25) is 5.91 Å². The number of hydrogen-bond acceptors (Lipinski definition) is 5. The lowest BCUT2D eigenvalue weighted by atomic mass is 10.2. The van der Waals surface area contributed by atoms with Crippen molar-refractivity contribution < 1.29 is 18.7 Å². The molecule has 0 atom stereocenters. The van der Waals surface area contributed by atoms with E-state index in [2.05, 4.69) is 10.2 Å². The molecule has 0 aliphatic carbocycles. The van der Waals surface area contributed by atoms with Gasteiger partial charge >= 0.3 is 6.03 Å². The molecular weight excluding hydrogens is 468 g/mol. The highest BCUT2D eigenvalue weighted by Crippen LogP contribution is 2.14. The van der Waals surface area contributed by atoms with Crippen molar-refractivity contribution in [1.82, 2.24) is 20.0 Å². The summed E-state index contributed by atoms with van der Waals surface area (Å²) in [7, 11) is 0. The van der Waals surface area contributed by atoms with Crippen LogP contribution in [0.4, 0.5) is 4.79 Å². The van der Waals surface area contributed by atoms with Crippen LogP contribution in [0.3, 0.4) is 0 Å². The van der Waals surface area contributed by atoms with Crippen LogP contribution in [-0.4, -0.2) is 72.6 Å². The Morgan fingerprint density at radius 1 is 0.865 bits per heavy atom. The fraction of sp³-hybridized carbons (Fsp3) is 0.379. The smallest absolute Gasteiger partial charge is 0.318 e. The SMILES string of the molecule is Cc1ccc(CN(Cc2ccccc2)C(=O)CN(CCN2CCOCC2)C(=O)NCc2ccccc2)o1. The maximum atomic E-state index is 13.6. The van der Waals surface area contributed by atoms with Crippen molar-refractivity contribution in [3.8, 4) is 0 Å². The Bertz CT molecular complexity index is 1110. The first-order chi connectivity index (χ1) is 18.1. The highest BCUT2D eigenvalue weighted by atomic mass is 16.5. The van der Waals surface area contributed by atoms with Crippen LogP contribution < -0.4 is 5.32 Å². The lowest BCUT2D eigenvalue weighted by molar-refractivity contribution is -0.133. The van der Waals surface area contributed by atoms with Crippen molar-refractivity contribution in [2.24, 2.45) is 0 Å². The highest BCUT2D eigenvalue weighted by Gasteiger charge is 2.23. The quantitative estimate of drug-likeness (QED) is 0.431. The van der Waals surface area contributed by atoms with Crippen molar-refractivity contribution in [1.29, 1.82) is 0 Å². The molecule has 1 aromatic heterocycles. The average molecular weight is 505 g/mol. The first kappa shape index (κ1) is 26.4. The Kier molecular flexibility index (Phi) is 9.74. The van der Waals surface area contributed by atoms with Crippen molar-refractivity contribution in [2.75, 3.05) is 45.9 Å². The Morgan fingerprint density at radius 3 is 2.19 bits per heavy atom. The zero-order valence-corrected chi connectivity index (χ0v) is 21.5. The molecule has 0 spiro atoms. The summed E-state index contributed by atoms with van der Waals surface area (Å²) < 4.78 is 11.2. The number of aryl methyl sites for hydroxylation is 1. The van der Waals surface area contributed by atoms with Crippen LogP contribution in [0.15, 0.2) is 77.2 Å². The number of nitrogens with zero attached hydrogens (tertiary/aromatic N) is 3. The first-order valence-electron chi connectivity index (χ1n) is 12.8. The van der Waals surface area contributed by atoms with Gasteiger partial charge in [-0.05, 0) is 30.2 Å². The monoisotopic (exact) mass is 504 g/mol. The maximum Gasteiger partial charge on any atom is 0.318 e. The minimum atomic E-state index is -0.251. The van der Waals surface area contributed by atoms with Gasteiger partial charge < -0.3 is 24.3 Å². The number of carbonyl (C=O) groups excluding carboxylic acids is 2. The van der Waals surface area contributed by atoms with Gasteiger partial charge in [0, 0.05) is 39.3 Å². The van der Waals surface area contributed by atoms with E-state index in [1.165, 1.54) is 0 Å². The van der Waals surface area contributed by atoms with E-state index in [1.807, 2.05) is 79.7 Å². The molecule has 8 heteroatoms. The van der Waals surface area contributed by atoms with Gasteiger partial charge in [-0.2, -0.15) is 0 Å². The van der Waals surface area contributed by atoms with Gasteiger partial charge in [-0.25, -0.2) is 4.79 Å². The summed E-state index contributed by atoms with van der Waals surface area (Å²) in [6, 6.07) is 23.2. The number of nitrogens with one attached hydrogen (secondary N) is 1. The Morgan fingerprint density at radius 2 is 1.54 bits per heavy atom. The number of amides is 3. The zero-order chi connectivity index (χ0) is 25.9. The van der Waals surface area contributed by atoms with Crippen LogP contribution in [-0.2, 0) is 29.2 Å². The molecule has 0 radical (unpaired) electrons. The van der Waals surface area contributed by atoms with E-state index in [1.54, 1.807) is 9.80 Å². The largest absolute Gasteiger partial charge is 0.464 e. The summed E-state index contributed by atoms with van der Waals surface area (Å²) in [5.41, 5.74) is 2.03. The van der Waals surface area contributed by atoms with Gasteiger partial charge in [0.25, 0.3) is 0 Å². The first-order valence-corrected chi connectivity index (χ1v) is 12.8. The normalized spacial score (nSPS) is 13.8. The summed E-state index contributed by atoms with van der Waals surface area (Å²) in [6.45, 7) is 7.20. The number of furan rings is 1. The van der Waals surface area contributed by atoms with Crippen LogP contribution in [0.5, 0.6) is 0 Å². The van der Waals surface area contributed by atoms with Crippen LogP contribution in [0, 0.1) is 6.92 Å². The summed E-state index contributed by atoms with van der Waals surface area (Å²) >= 11 is 0. The van der Waals surface area contributed by atoms with Gasteiger partial charge in [-0.3, -0.25) is 9.69 Å². The van der Waals surface area contributed by atoms with Gasteiger partial charge in [0.15, 0.2) is 0 Å². The molecule has 1 fully saturated rings. The van der Waals surface area contributed by atoms with E-state index in [0.717, 1.165) is 35.7 Å². The number of ether oxygens (including phenoxy) is 1. The van der Waals surface area contributed by atoms with E-state index >= 15 is 0 Å². The number of rotatable bonds is 11. The maximum absolute atomic E-state index is 13.6. The number of hydrogen-bond donors (Lipinski definition) is 1. The zero-order valence-electron chi connectivity index (χ0n) is 21.5. The van der Waals surface area contributed by atoms with Gasteiger partial charge in [0.05, 0.1) is 19.8 Å². The van der Waals surface area contributed by atoms with Gasteiger partial charge in [-0.1, -0.05) is 60.7 Å². The van der Waals surface area contributed by atoms with Crippen molar-refractivity contribution in [3.05, 3.63) is 95.4 Å². The van der Waals surface area contributed by atoms with E-state index < -0.39 is 0 Å². The van der Waals surface area contributed by atoms with Crippen LogP contribution in [0.2, 0.25) is 0 Å². The van der Waals surface area contributed by atoms with Crippen molar-refractivity contribution >= 4 is 11.9 Å². The van der Waals surface area contributed by atoms with Crippen LogP contribution in [0.25, 0.3) is 0 Å². The van der Waals surface area contributed by atoms with Crippen LogP contribution in [0.1, 0.15) is 22.6 Å². The molecule has 1 aliphatic heterocycles. The summed E-state index contributed by atoms with van der Waals surface area (Å²) in [4.78, 5) is 32.5. The number of carbonyl (C=O) groups is 2. The average Bonchev–Trinajstić information content (AvgIpc) is 3.35. The molecule has 37 heavy (non-hydrogen) atoms. The number of benzene rings is 2. The Balaban J connectivity index is 1.45. The Hall–Kier alpha value is -3.62. The van der Waals surface area contributed by atoms with E-state index in [9.17, 15) is 9.59 Å². The molecular formula is C29H36N4O4. The lowest BCUT2D eigenvalue weighted by Gasteiger charge is -2.31. The molecule has 2 aromatic carbocycles. The van der Waals surface area contributed by atoms with Gasteiger partial charge in [0.1, 0.15) is 18.1 Å². The number of urea groups is 1. The predicted molar refractivity (Wildman–Crippen MR) is 142 cm³/mol.